The standard InChI is InChI=1S/C19H26N4O2S/c1-13-11-22(12-14(2)23(13)18(24)25-19(3,4)5)16-7-6-15(10-21-16)17-20-8-9-26-17/h6-10,13-14H,11-12H2,1-5H3/t13-,14+. The number of pyridine rings is 1. The van der Waals surface area contributed by atoms with Crippen LogP contribution < -0.4 is 4.90 Å². The number of nitrogens with zero attached hydrogens (tertiary/aromatic N) is 4. The zero-order chi connectivity index (χ0) is 18.9. The fourth-order valence-electron chi connectivity index (χ4n) is 3.25. The lowest BCUT2D eigenvalue weighted by molar-refractivity contribution is 0.00561. The summed E-state index contributed by atoms with van der Waals surface area (Å²) in [7, 11) is 0. The first-order valence-electron chi connectivity index (χ1n) is 8.87. The number of amides is 1. The molecular formula is C19H26N4O2S. The fourth-order valence-corrected chi connectivity index (χ4v) is 3.88. The van der Waals surface area contributed by atoms with Gasteiger partial charge in [0.05, 0.1) is 12.1 Å². The molecule has 1 fully saturated rings. The average molecular weight is 375 g/mol. The SMILES string of the molecule is C[C@@H]1CN(c2ccc(-c3nccs3)cn2)C[C@H](C)N1C(=O)OC(C)(C)C. The van der Waals surface area contributed by atoms with Crippen molar-refractivity contribution in [2.45, 2.75) is 52.3 Å². The number of thiazole rings is 1. The van der Waals surface area contributed by atoms with Gasteiger partial charge in [0.15, 0.2) is 0 Å². The predicted octanol–water partition coefficient (Wildman–Crippen LogP) is 4.04. The molecule has 0 aliphatic carbocycles. The molecule has 2 aromatic heterocycles. The zero-order valence-electron chi connectivity index (χ0n) is 16.0. The van der Waals surface area contributed by atoms with E-state index >= 15 is 0 Å². The summed E-state index contributed by atoms with van der Waals surface area (Å²) in [5, 5.41) is 2.93. The van der Waals surface area contributed by atoms with Gasteiger partial charge in [-0.15, -0.1) is 11.3 Å². The summed E-state index contributed by atoms with van der Waals surface area (Å²) in [6.07, 6.45) is 3.42. The fraction of sp³-hybridized carbons (Fsp3) is 0.526. The topological polar surface area (TPSA) is 58.6 Å². The molecule has 2 atom stereocenters. The highest BCUT2D eigenvalue weighted by Gasteiger charge is 2.35. The molecule has 2 aromatic rings. The first kappa shape index (κ1) is 18.6. The maximum Gasteiger partial charge on any atom is 0.410 e. The first-order chi connectivity index (χ1) is 12.2. The summed E-state index contributed by atoms with van der Waals surface area (Å²) in [6, 6.07) is 4.18. The van der Waals surface area contributed by atoms with Gasteiger partial charge < -0.3 is 9.64 Å². The molecule has 0 unspecified atom stereocenters. The molecule has 0 radical (unpaired) electrons. The van der Waals surface area contributed by atoms with Crippen LogP contribution in [0.2, 0.25) is 0 Å². The number of hydrogen-bond donors (Lipinski definition) is 0. The summed E-state index contributed by atoms with van der Waals surface area (Å²) < 4.78 is 5.56. The molecule has 0 bridgehead atoms. The molecule has 1 saturated heterocycles. The van der Waals surface area contributed by atoms with Gasteiger partial charge in [-0.2, -0.15) is 0 Å². The van der Waals surface area contributed by atoms with E-state index in [9.17, 15) is 4.79 Å². The van der Waals surface area contributed by atoms with Crippen molar-refractivity contribution >= 4 is 23.2 Å². The summed E-state index contributed by atoms with van der Waals surface area (Å²) >= 11 is 1.60. The van der Waals surface area contributed by atoms with Crippen LogP contribution in [0.5, 0.6) is 0 Å². The molecule has 3 heterocycles. The molecule has 1 amide bonds. The van der Waals surface area contributed by atoms with E-state index in [0.29, 0.717) is 0 Å². The summed E-state index contributed by atoms with van der Waals surface area (Å²) in [5.41, 5.74) is 0.540. The van der Waals surface area contributed by atoms with Crippen LogP contribution in [0.4, 0.5) is 10.6 Å². The Hall–Kier alpha value is -2.15. The highest BCUT2D eigenvalue weighted by atomic mass is 32.1. The normalized spacial score (nSPS) is 21.0. The highest BCUT2D eigenvalue weighted by molar-refractivity contribution is 7.13. The molecule has 0 aromatic carbocycles. The lowest BCUT2D eigenvalue weighted by Crippen LogP contribution is -2.59. The molecule has 7 heteroatoms. The van der Waals surface area contributed by atoms with Crippen LogP contribution in [0.25, 0.3) is 10.6 Å². The molecule has 26 heavy (non-hydrogen) atoms. The van der Waals surface area contributed by atoms with Gasteiger partial charge in [-0.05, 0) is 46.8 Å². The largest absolute Gasteiger partial charge is 0.444 e. The van der Waals surface area contributed by atoms with E-state index in [1.807, 2.05) is 43.3 Å². The smallest absolute Gasteiger partial charge is 0.410 e. The molecule has 0 spiro atoms. The molecule has 0 N–H and O–H groups in total. The second-order valence-corrected chi connectivity index (χ2v) is 8.63. The number of hydrogen-bond acceptors (Lipinski definition) is 6. The molecule has 140 valence electrons. The van der Waals surface area contributed by atoms with Gasteiger partial charge >= 0.3 is 6.09 Å². The molecule has 6 nitrogen and oxygen atoms in total. The van der Waals surface area contributed by atoms with E-state index in [2.05, 4.69) is 34.8 Å². The Morgan fingerprint density at radius 3 is 2.38 bits per heavy atom. The van der Waals surface area contributed by atoms with E-state index in [0.717, 1.165) is 29.5 Å². The van der Waals surface area contributed by atoms with Crippen molar-refractivity contribution < 1.29 is 9.53 Å². The predicted molar refractivity (Wildman–Crippen MR) is 105 cm³/mol. The molecule has 0 saturated carbocycles. The number of anilines is 1. The summed E-state index contributed by atoms with van der Waals surface area (Å²) in [4.78, 5) is 25.5. The third-order valence-corrected chi connectivity index (χ3v) is 5.10. The Morgan fingerprint density at radius 2 is 1.88 bits per heavy atom. The van der Waals surface area contributed by atoms with Crippen LogP contribution in [0, 0.1) is 0 Å². The van der Waals surface area contributed by atoms with Crippen LogP contribution in [-0.2, 0) is 4.74 Å². The van der Waals surface area contributed by atoms with Crippen LogP contribution in [-0.4, -0.2) is 51.7 Å². The quantitative estimate of drug-likeness (QED) is 0.794. The Morgan fingerprint density at radius 1 is 1.19 bits per heavy atom. The molecular weight excluding hydrogens is 348 g/mol. The first-order valence-corrected chi connectivity index (χ1v) is 9.75. The summed E-state index contributed by atoms with van der Waals surface area (Å²) in [6.45, 7) is 11.2. The van der Waals surface area contributed by atoms with Gasteiger partial charge in [0.25, 0.3) is 0 Å². The number of ether oxygens (including phenoxy) is 1. The minimum atomic E-state index is -0.485. The third kappa shape index (κ3) is 4.15. The van der Waals surface area contributed by atoms with E-state index in [4.69, 9.17) is 4.74 Å². The Bertz CT molecular complexity index is 728. The van der Waals surface area contributed by atoms with Gasteiger partial charge in [-0.25, -0.2) is 14.8 Å². The summed E-state index contributed by atoms with van der Waals surface area (Å²) in [5.74, 6) is 0.924. The van der Waals surface area contributed by atoms with Crippen molar-refractivity contribution in [3.8, 4) is 10.6 Å². The van der Waals surface area contributed by atoms with Crippen molar-refractivity contribution in [1.82, 2.24) is 14.9 Å². The average Bonchev–Trinajstić information content (AvgIpc) is 3.07. The van der Waals surface area contributed by atoms with Crippen molar-refractivity contribution in [3.05, 3.63) is 29.9 Å². The second kappa shape index (κ2) is 7.23. The van der Waals surface area contributed by atoms with E-state index < -0.39 is 5.60 Å². The zero-order valence-corrected chi connectivity index (χ0v) is 16.8. The van der Waals surface area contributed by atoms with Crippen molar-refractivity contribution in [2.24, 2.45) is 0 Å². The number of aromatic nitrogens is 2. The highest BCUT2D eigenvalue weighted by Crippen LogP contribution is 2.26. The molecule has 3 rings (SSSR count). The van der Waals surface area contributed by atoms with Gasteiger partial charge in [0.1, 0.15) is 16.4 Å². The van der Waals surface area contributed by atoms with Crippen LogP contribution >= 0.6 is 11.3 Å². The lowest BCUT2D eigenvalue weighted by atomic mass is 10.1. The van der Waals surface area contributed by atoms with Crippen molar-refractivity contribution in [2.75, 3.05) is 18.0 Å². The van der Waals surface area contributed by atoms with E-state index in [1.165, 1.54) is 0 Å². The Balaban J connectivity index is 1.70. The maximum atomic E-state index is 12.5. The Kier molecular flexibility index (Phi) is 5.18. The van der Waals surface area contributed by atoms with Gasteiger partial charge in [0.2, 0.25) is 0 Å². The van der Waals surface area contributed by atoms with Crippen molar-refractivity contribution in [1.29, 1.82) is 0 Å². The second-order valence-electron chi connectivity index (χ2n) is 7.73. The number of carbonyl (C=O) groups is 1. The van der Waals surface area contributed by atoms with Crippen LogP contribution in [0.15, 0.2) is 29.9 Å². The monoisotopic (exact) mass is 374 g/mol. The van der Waals surface area contributed by atoms with E-state index in [-0.39, 0.29) is 18.2 Å². The molecule has 1 aliphatic rings. The lowest BCUT2D eigenvalue weighted by Gasteiger charge is -2.44. The number of piperazine rings is 1. The number of carbonyl (C=O) groups excluding carboxylic acids is 1. The van der Waals surface area contributed by atoms with Crippen LogP contribution in [0.3, 0.4) is 0 Å². The minimum absolute atomic E-state index is 0.0500. The van der Waals surface area contributed by atoms with Gasteiger partial charge in [-0.3, -0.25) is 4.90 Å². The van der Waals surface area contributed by atoms with Gasteiger partial charge in [0, 0.05) is 36.4 Å². The van der Waals surface area contributed by atoms with Crippen LogP contribution in [0.1, 0.15) is 34.6 Å². The van der Waals surface area contributed by atoms with Gasteiger partial charge in [-0.1, -0.05) is 0 Å². The van der Waals surface area contributed by atoms with Crippen molar-refractivity contribution in [3.63, 3.8) is 0 Å². The Labute approximate surface area is 158 Å². The number of rotatable bonds is 2. The van der Waals surface area contributed by atoms with E-state index in [1.54, 1.807) is 17.5 Å². The maximum absolute atomic E-state index is 12.5. The third-order valence-electron chi connectivity index (χ3n) is 4.27. The minimum Gasteiger partial charge on any atom is -0.444 e. The molecule has 1 aliphatic heterocycles.